The van der Waals surface area contributed by atoms with Gasteiger partial charge in [0.05, 0.1) is 29.3 Å². The Morgan fingerprint density at radius 1 is 1.12 bits per heavy atom. The van der Waals surface area contributed by atoms with Crippen LogP contribution >= 0.6 is 0 Å². The first-order valence-corrected chi connectivity index (χ1v) is 11.2. The minimum atomic E-state index is -0.214. The quantitative estimate of drug-likeness (QED) is 0.492. The normalized spacial score (nSPS) is 18.4. The number of amides is 1. The Morgan fingerprint density at radius 3 is 2.66 bits per heavy atom. The molecule has 1 amide bonds. The summed E-state index contributed by atoms with van der Waals surface area (Å²) < 4.78 is 4.03. The average molecular weight is 427 g/mol. The van der Waals surface area contributed by atoms with Crippen molar-refractivity contribution in [2.45, 2.75) is 45.2 Å². The number of imidazole rings is 1. The number of hydrogen-bond acceptors (Lipinski definition) is 4. The van der Waals surface area contributed by atoms with Gasteiger partial charge in [0.15, 0.2) is 0 Å². The molecule has 1 aliphatic carbocycles. The van der Waals surface area contributed by atoms with Crippen LogP contribution in [0.4, 0.5) is 0 Å². The number of aromatic nitrogens is 5. The van der Waals surface area contributed by atoms with Crippen LogP contribution in [0, 0.1) is 6.92 Å². The van der Waals surface area contributed by atoms with Crippen molar-refractivity contribution >= 4 is 16.7 Å². The van der Waals surface area contributed by atoms with E-state index < -0.39 is 0 Å². The predicted molar refractivity (Wildman–Crippen MR) is 123 cm³/mol. The van der Waals surface area contributed by atoms with Crippen LogP contribution in [0.3, 0.4) is 0 Å². The number of benzene rings is 1. The van der Waals surface area contributed by atoms with Crippen molar-refractivity contribution in [3.05, 3.63) is 53.9 Å². The summed E-state index contributed by atoms with van der Waals surface area (Å²) in [5.74, 6) is 1.69. The minimum absolute atomic E-state index is 0.152. The van der Waals surface area contributed by atoms with Crippen LogP contribution in [-0.4, -0.2) is 42.2 Å². The molecule has 4 heterocycles. The molecular weight excluding hydrogens is 400 g/mol. The van der Waals surface area contributed by atoms with Crippen LogP contribution in [0.2, 0.25) is 0 Å². The molecule has 1 fully saturated rings. The fraction of sp³-hybridized carbons (Fsp3) is 0.360. The van der Waals surface area contributed by atoms with Gasteiger partial charge in [0.2, 0.25) is 5.91 Å². The van der Waals surface area contributed by atoms with Crippen molar-refractivity contribution < 1.29 is 4.79 Å². The maximum absolute atomic E-state index is 12.7. The number of nitrogens with zero attached hydrogens (tertiary/aromatic N) is 6. The molecule has 1 aliphatic heterocycles. The van der Waals surface area contributed by atoms with Crippen LogP contribution in [0.5, 0.6) is 0 Å². The molecule has 1 aromatic carbocycles. The Morgan fingerprint density at radius 2 is 1.94 bits per heavy atom. The Hall–Kier alpha value is -3.48. The molecular formula is C25H26N6O. The van der Waals surface area contributed by atoms with E-state index in [1.54, 1.807) is 0 Å². The van der Waals surface area contributed by atoms with E-state index in [-0.39, 0.29) is 11.9 Å². The Kier molecular flexibility index (Phi) is 4.06. The van der Waals surface area contributed by atoms with Crippen LogP contribution in [0.25, 0.3) is 33.3 Å². The van der Waals surface area contributed by atoms with E-state index in [1.165, 1.54) is 0 Å². The summed E-state index contributed by atoms with van der Waals surface area (Å²) in [7, 11) is 3.81. The van der Waals surface area contributed by atoms with Gasteiger partial charge >= 0.3 is 0 Å². The van der Waals surface area contributed by atoms with Gasteiger partial charge in [-0.25, -0.2) is 4.98 Å². The second kappa shape index (κ2) is 6.76. The average Bonchev–Trinajstić information content (AvgIpc) is 3.47. The van der Waals surface area contributed by atoms with E-state index in [9.17, 15) is 4.79 Å². The summed E-state index contributed by atoms with van der Waals surface area (Å²) in [6.07, 6.45) is 6.26. The Bertz CT molecular complexity index is 1390. The highest BCUT2D eigenvalue weighted by Gasteiger charge is 2.38. The molecule has 32 heavy (non-hydrogen) atoms. The maximum Gasteiger partial charge on any atom is 0.245 e. The lowest BCUT2D eigenvalue weighted by molar-refractivity contribution is -0.135. The zero-order valence-corrected chi connectivity index (χ0v) is 18.8. The highest BCUT2D eigenvalue weighted by Crippen LogP contribution is 2.45. The molecule has 6 rings (SSSR count). The van der Waals surface area contributed by atoms with Gasteiger partial charge in [0.1, 0.15) is 11.9 Å². The van der Waals surface area contributed by atoms with Gasteiger partial charge < -0.3 is 9.47 Å². The zero-order chi connectivity index (χ0) is 22.1. The molecule has 1 atom stereocenters. The molecule has 0 radical (unpaired) electrons. The van der Waals surface area contributed by atoms with Gasteiger partial charge in [-0.15, -0.1) is 0 Å². The third kappa shape index (κ3) is 2.80. The SMILES string of the molecule is Cc1nn(C)cc1-c1cc2cccc(-c3nc(C4CC4)n4c3CN(C)C(=O)[C@H]4C)c2cn1. The van der Waals surface area contributed by atoms with Crippen molar-refractivity contribution in [3.8, 4) is 22.5 Å². The molecule has 0 spiro atoms. The highest BCUT2D eigenvalue weighted by molar-refractivity contribution is 5.97. The van der Waals surface area contributed by atoms with Crippen molar-refractivity contribution in [1.29, 1.82) is 0 Å². The minimum Gasteiger partial charge on any atom is -0.338 e. The molecule has 4 aromatic rings. The number of carbonyl (C=O) groups is 1. The van der Waals surface area contributed by atoms with Crippen LogP contribution < -0.4 is 0 Å². The van der Waals surface area contributed by atoms with Gasteiger partial charge in [-0.05, 0) is 38.1 Å². The fourth-order valence-corrected chi connectivity index (χ4v) is 5.02. The summed E-state index contributed by atoms with van der Waals surface area (Å²) in [5.41, 5.74) is 6.12. The number of fused-ring (bicyclic) bond motifs is 2. The number of pyridine rings is 1. The Labute approximate surface area is 186 Å². The van der Waals surface area contributed by atoms with E-state index >= 15 is 0 Å². The molecule has 7 heteroatoms. The monoisotopic (exact) mass is 426 g/mol. The van der Waals surface area contributed by atoms with E-state index in [0.717, 1.165) is 63.3 Å². The summed E-state index contributed by atoms with van der Waals surface area (Å²) in [6.45, 7) is 4.58. The summed E-state index contributed by atoms with van der Waals surface area (Å²) in [4.78, 5) is 24.4. The number of carbonyl (C=O) groups excluding carboxylic acids is 1. The topological polar surface area (TPSA) is 68.8 Å². The van der Waals surface area contributed by atoms with Crippen molar-refractivity contribution in [2.24, 2.45) is 7.05 Å². The third-order valence-electron chi connectivity index (χ3n) is 6.80. The van der Waals surface area contributed by atoms with Gasteiger partial charge in [0.25, 0.3) is 0 Å². The van der Waals surface area contributed by atoms with E-state index in [2.05, 4.69) is 33.9 Å². The van der Waals surface area contributed by atoms with Gasteiger partial charge in [-0.3, -0.25) is 14.5 Å². The van der Waals surface area contributed by atoms with Crippen molar-refractivity contribution in [2.75, 3.05) is 7.05 Å². The molecule has 0 bridgehead atoms. The molecule has 0 N–H and O–H groups in total. The van der Waals surface area contributed by atoms with E-state index in [1.807, 2.05) is 49.9 Å². The van der Waals surface area contributed by atoms with Crippen LogP contribution in [0.15, 0.2) is 36.7 Å². The molecule has 2 aliphatic rings. The number of hydrogen-bond donors (Lipinski definition) is 0. The third-order valence-corrected chi connectivity index (χ3v) is 6.80. The van der Waals surface area contributed by atoms with Crippen LogP contribution in [-0.2, 0) is 18.4 Å². The fourth-order valence-electron chi connectivity index (χ4n) is 5.02. The highest BCUT2D eigenvalue weighted by atomic mass is 16.2. The van der Waals surface area contributed by atoms with Gasteiger partial charge in [-0.2, -0.15) is 5.10 Å². The molecule has 162 valence electrons. The number of likely N-dealkylation sites (N-methyl/N-ethyl adjacent to an activating group) is 1. The standard InChI is InChI=1S/C25H26N6O/c1-14-20(12-30(4)28-14)21-10-17-6-5-7-18(19(17)11-26-21)23-22-13-29(3)25(32)15(2)31(22)24(27-23)16-8-9-16/h5-7,10-12,15-16H,8-9,13H2,1-4H3/t15-/m1/s1. The number of rotatable bonds is 3. The first-order valence-electron chi connectivity index (χ1n) is 11.2. The summed E-state index contributed by atoms with van der Waals surface area (Å²) in [6, 6.07) is 8.25. The molecule has 7 nitrogen and oxygen atoms in total. The molecule has 3 aromatic heterocycles. The second-order valence-electron chi connectivity index (χ2n) is 9.18. The first-order chi connectivity index (χ1) is 15.4. The smallest absolute Gasteiger partial charge is 0.245 e. The lowest BCUT2D eigenvalue weighted by Gasteiger charge is -2.31. The first kappa shape index (κ1) is 19.2. The molecule has 1 saturated carbocycles. The summed E-state index contributed by atoms with van der Waals surface area (Å²) in [5, 5.41) is 6.66. The number of aryl methyl sites for hydroxylation is 2. The Balaban J connectivity index is 1.53. The lowest BCUT2D eigenvalue weighted by Crippen LogP contribution is -2.39. The largest absolute Gasteiger partial charge is 0.338 e. The van der Waals surface area contributed by atoms with Gasteiger partial charge in [0, 0.05) is 48.9 Å². The lowest BCUT2D eigenvalue weighted by atomic mass is 10.00. The van der Waals surface area contributed by atoms with Gasteiger partial charge in [-0.1, -0.05) is 18.2 Å². The molecule has 0 saturated heterocycles. The van der Waals surface area contributed by atoms with Crippen molar-refractivity contribution in [3.63, 3.8) is 0 Å². The van der Waals surface area contributed by atoms with E-state index in [4.69, 9.17) is 9.97 Å². The van der Waals surface area contributed by atoms with E-state index in [0.29, 0.717) is 12.5 Å². The maximum atomic E-state index is 12.7. The second-order valence-corrected chi connectivity index (χ2v) is 9.18. The van der Waals surface area contributed by atoms with Crippen molar-refractivity contribution in [1.82, 2.24) is 29.2 Å². The zero-order valence-electron chi connectivity index (χ0n) is 18.8. The van der Waals surface area contributed by atoms with Crippen LogP contribution in [0.1, 0.15) is 48.9 Å². The predicted octanol–water partition coefficient (Wildman–Crippen LogP) is 4.22. The summed E-state index contributed by atoms with van der Waals surface area (Å²) >= 11 is 0. The molecule has 0 unspecified atom stereocenters.